The number of ketones is 1. The standard InChI is InChI=1S/C15H19NO2/c1-9(2)10-4-11-6-13(17)14(18)7-15(11,3)12(5-10)8-16/h6-7,9-10,12,18H,4-5H2,1-3H3/t10-,12-,15+/m0/s1. The first-order valence-electron chi connectivity index (χ1n) is 6.45. The van der Waals surface area contributed by atoms with Crippen molar-refractivity contribution in [2.24, 2.45) is 23.2 Å². The normalized spacial score (nSPS) is 35.6. The Labute approximate surface area is 108 Å². The van der Waals surface area contributed by atoms with Crippen LogP contribution in [0.25, 0.3) is 0 Å². The van der Waals surface area contributed by atoms with E-state index in [1.807, 2.05) is 6.92 Å². The molecule has 1 fully saturated rings. The molecule has 0 aromatic rings. The molecule has 2 rings (SSSR count). The number of carbonyl (C=O) groups excluding carboxylic acids is 1. The summed E-state index contributed by atoms with van der Waals surface area (Å²) in [5.74, 6) is 0.226. The Hall–Kier alpha value is -1.56. The van der Waals surface area contributed by atoms with Gasteiger partial charge < -0.3 is 5.11 Å². The van der Waals surface area contributed by atoms with E-state index < -0.39 is 5.41 Å². The van der Waals surface area contributed by atoms with Crippen molar-refractivity contribution in [3.63, 3.8) is 0 Å². The number of rotatable bonds is 1. The van der Waals surface area contributed by atoms with Crippen molar-refractivity contribution in [2.45, 2.75) is 33.6 Å². The molecule has 0 radical (unpaired) electrons. The van der Waals surface area contributed by atoms with E-state index in [1.165, 1.54) is 6.08 Å². The van der Waals surface area contributed by atoms with E-state index in [1.54, 1.807) is 6.08 Å². The number of allylic oxidation sites excluding steroid dienone is 3. The lowest BCUT2D eigenvalue weighted by Crippen LogP contribution is -2.38. The van der Waals surface area contributed by atoms with Crippen LogP contribution < -0.4 is 0 Å². The number of hydrogen-bond donors (Lipinski definition) is 1. The Bertz CT molecular complexity index is 481. The second-order valence-electron chi connectivity index (χ2n) is 5.97. The van der Waals surface area contributed by atoms with Crippen molar-refractivity contribution in [3.05, 3.63) is 23.5 Å². The van der Waals surface area contributed by atoms with Gasteiger partial charge in [-0.05, 0) is 36.8 Å². The third kappa shape index (κ3) is 1.86. The lowest BCUT2D eigenvalue weighted by Gasteiger charge is -2.44. The van der Waals surface area contributed by atoms with Crippen molar-refractivity contribution >= 4 is 5.78 Å². The van der Waals surface area contributed by atoms with Crippen LogP contribution in [0.5, 0.6) is 0 Å². The number of hydrogen-bond acceptors (Lipinski definition) is 3. The number of carbonyl (C=O) groups is 1. The molecular weight excluding hydrogens is 226 g/mol. The third-order valence-electron chi connectivity index (χ3n) is 4.53. The number of fused-ring (bicyclic) bond motifs is 1. The molecule has 0 aromatic carbocycles. The SMILES string of the molecule is CC(C)[C@H]1CC2=CC(=O)C(O)=C[C@@]2(C)[C@H](C#N)C1. The smallest absolute Gasteiger partial charge is 0.219 e. The van der Waals surface area contributed by atoms with Gasteiger partial charge >= 0.3 is 0 Å². The van der Waals surface area contributed by atoms with Gasteiger partial charge in [0.25, 0.3) is 0 Å². The number of nitrogens with zero attached hydrogens (tertiary/aromatic N) is 1. The van der Waals surface area contributed by atoms with Crippen molar-refractivity contribution in [1.29, 1.82) is 5.26 Å². The fraction of sp³-hybridized carbons (Fsp3) is 0.600. The molecule has 0 spiro atoms. The monoisotopic (exact) mass is 245 g/mol. The van der Waals surface area contributed by atoms with E-state index >= 15 is 0 Å². The van der Waals surface area contributed by atoms with Gasteiger partial charge in [-0.25, -0.2) is 0 Å². The fourth-order valence-electron chi connectivity index (χ4n) is 3.05. The maximum absolute atomic E-state index is 11.6. The van der Waals surface area contributed by atoms with Crippen LogP contribution in [0.1, 0.15) is 33.6 Å². The Balaban J connectivity index is 2.43. The van der Waals surface area contributed by atoms with Crippen LogP contribution in [0.4, 0.5) is 0 Å². The zero-order chi connectivity index (χ0) is 13.5. The van der Waals surface area contributed by atoms with Gasteiger partial charge in [-0.2, -0.15) is 5.26 Å². The summed E-state index contributed by atoms with van der Waals surface area (Å²) in [7, 11) is 0. The maximum Gasteiger partial charge on any atom is 0.219 e. The summed E-state index contributed by atoms with van der Waals surface area (Å²) in [4.78, 5) is 11.6. The molecule has 0 heterocycles. The molecule has 0 saturated heterocycles. The summed E-state index contributed by atoms with van der Waals surface area (Å²) < 4.78 is 0. The Morgan fingerprint density at radius 1 is 1.56 bits per heavy atom. The Kier molecular flexibility index (Phi) is 3.06. The molecule has 1 N–H and O–H groups in total. The number of aliphatic hydroxyl groups is 1. The van der Waals surface area contributed by atoms with Crippen LogP contribution in [-0.2, 0) is 4.79 Å². The quantitative estimate of drug-likeness (QED) is 0.772. The lowest BCUT2D eigenvalue weighted by atomic mass is 9.58. The van der Waals surface area contributed by atoms with Gasteiger partial charge in [0.1, 0.15) is 0 Å². The van der Waals surface area contributed by atoms with E-state index in [4.69, 9.17) is 0 Å². The second kappa shape index (κ2) is 4.28. The van der Waals surface area contributed by atoms with Crippen LogP contribution in [0, 0.1) is 34.5 Å². The van der Waals surface area contributed by atoms with Gasteiger partial charge in [-0.15, -0.1) is 0 Å². The summed E-state index contributed by atoms with van der Waals surface area (Å²) in [6, 6.07) is 2.36. The summed E-state index contributed by atoms with van der Waals surface area (Å²) in [6.07, 6.45) is 4.80. The number of aliphatic hydroxyl groups excluding tert-OH is 1. The fourth-order valence-corrected chi connectivity index (χ4v) is 3.05. The summed E-state index contributed by atoms with van der Waals surface area (Å²) in [5.41, 5.74) is 0.528. The summed E-state index contributed by atoms with van der Waals surface area (Å²) >= 11 is 0. The first-order chi connectivity index (χ1) is 8.38. The van der Waals surface area contributed by atoms with Gasteiger partial charge in [0, 0.05) is 5.41 Å². The topological polar surface area (TPSA) is 61.1 Å². The zero-order valence-corrected chi connectivity index (χ0v) is 11.1. The highest BCUT2D eigenvalue weighted by molar-refractivity contribution is 6.04. The summed E-state index contributed by atoms with van der Waals surface area (Å²) in [5, 5.41) is 19.0. The first-order valence-corrected chi connectivity index (χ1v) is 6.45. The highest BCUT2D eigenvalue weighted by atomic mass is 16.3. The largest absolute Gasteiger partial charge is 0.504 e. The minimum absolute atomic E-state index is 0.167. The third-order valence-corrected chi connectivity index (χ3v) is 4.53. The van der Waals surface area contributed by atoms with Crippen molar-refractivity contribution in [3.8, 4) is 6.07 Å². The van der Waals surface area contributed by atoms with Crippen LogP contribution in [0.2, 0.25) is 0 Å². The average molecular weight is 245 g/mol. The molecule has 3 atom stereocenters. The molecule has 96 valence electrons. The average Bonchev–Trinajstić information content (AvgIpc) is 2.29. The van der Waals surface area contributed by atoms with E-state index in [-0.39, 0.29) is 17.5 Å². The zero-order valence-electron chi connectivity index (χ0n) is 11.1. The molecule has 2 aliphatic carbocycles. The number of nitriles is 1. The predicted molar refractivity (Wildman–Crippen MR) is 68.6 cm³/mol. The molecule has 3 heteroatoms. The maximum atomic E-state index is 11.6. The van der Waals surface area contributed by atoms with Crippen molar-refractivity contribution in [2.75, 3.05) is 0 Å². The molecule has 0 aliphatic heterocycles. The summed E-state index contributed by atoms with van der Waals surface area (Å²) in [6.45, 7) is 6.26. The van der Waals surface area contributed by atoms with Gasteiger partial charge in [0.05, 0.1) is 12.0 Å². The van der Waals surface area contributed by atoms with Crippen molar-refractivity contribution in [1.82, 2.24) is 0 Å². The van der Waals surface area contributed by atoms with Gasteiger partial charge in [0.15, 0.2) is 5.76 Å². The first kappa shape index (κ1) is 12.9. The highest BCUT2D eigenvalue weighted by Gasteiger charge is 2.45. The molecule has 0 amide bonds. The van der Waals surface area contributed by atoms with Gasteiger partial charge in [-0.3, -0.25) is 4.79 Å². The van der Waals surface area contributed by atoms with Crippen LogP contribution in [-0.4, -0.2) is 10.9 Å². The highest BCUT2D eigenvalue weighted by Crippen LogP contribution is 2.51. The van der Waals surface area contributed by atoms with Gasteiger partial charge in [0.2, 0.25) is 5.78 Å². The van der Waals surface area contributed by atoms with Gasteiger partial charge in [-0.1, -0.05) is 26.3 Å². The molecule has 2 aliphatic rings. The molecule has 3 nitrogen and oxygen atoms in total. The molecule has 0 unspecified atom stereocenters. The van der Waals surface area contributed by atoms with E-state index in [2.05, 4.69) is 19.9 Å². The van der Waals surface area contributed by atoms with Crippen LogP contribution >= 0.6 is 0 Å². The van der Waals surface area contributed by atoms with E-state index in [0.29, 0.717) is 11.8 Å². The van der Waals surface area contributed by atoms with Crippen LogP contribution in [0.15, 0.2) is 23.5 Å². The van der Waals surface area contributed by atoms with Crippen molar-refractivity contribution < 1.29 is 9.90 Å². The molecular formula is C15H19NO2. The Morgan fingerprint density at radius 2 is 2.22 bits per heavy atom. The lowest BCUT2D eigenvalue weighted by molar-refractivity contribution is -0.114. The predicted octanol–water partition coefficient (Wildman–Crippen LogP) is 3.15. The Morgan fingerprint density at radius 3 is 2.78 bits per heavy atom. The molecule has 0 aromatic heterocycles. The second-order valence-corrected chi connectivity index (χ2v) is 5.97. The molecule has 1 saturated carbocycles. The van der Waals surface area contributed by atoms with Crippen LogP contribution in [0.3, 0.4) is 0 Å². The minimum Gasteiger partial charge on any atom is -0.504 e. The molecule has 0 bridgehead atoms. The minimum atomic E-state index is -0.474. The van der Waals surface area contributed by atoms with E-state index in [0.717, 1.165) is 18.4 Å². The van der Waals surface area contributed by atoms with E-state index in [9.17, 15) is 15.2 Å². The molecule has 18 heavy (non-hydrogen) atoms.